The van der Waals surface area contributed by atoms with Crippen LogP contribution in [0.25, 0.3) is 0 Å². The Morgan fingerprint density at radius 2 is 1.86 bits per heavy atom. The molecule has 0 amide bonds. The highest BCUT2D eigenvalue weighted by atomic mass is 16.6. The van der Waals surface area contributed by atoms with Gasteiger partial charge in [0, 0.05) is 22.9 Å². The van der Waals surface area contributed by atoms with Crippen molar-refractivity contribution in [2.75, 3.05) is 5.73 Å². The number of nitro groups is 1. The van der Waals surface area contributed by atoms with E-state index in [4.69, 9.17) is 10.5 Å². The standard InChI is InChI=1S/C20H20N4O5/c1-4-18(29-20(26)12(2)3)19(25)13-5-10-16(17(11-13)24(27)28)23-22-15-8-6-14(21)7-9-15/h5-11,18H,2,4,21H2,1,3H3. The summed E-state index contributed by atoms with van der Waals surface area (Å²) in [5, 5.41) is 19.3. The van der Waals surface area contributed by atoms with Crippen molar-refractivity contribution in [3.8, 4) is 0 Å². The van der Waals surface area contributed by atoms with E-state index in [2.05, 4.69) is 16.8 Å². The van der Waals surface area contributed by atoms with Gasteiger partial charge in [-0.15, -0.1) is 5.11 Å². The fraction of sp³-hybridized carbons (Fsp3) is 0.200. The molecule has 0 heterocycles. The van der Waals surface area contributed by atoms with Crippen LogP contribution < -0.4 is 5.73 Å². The predicted octanol–water partition coefficient (Wildman–Crippen LogP) is 4.67. The Kier molecular flexibility index (Phi) is 6.91. The highest BCUT2D eigenvalue weighted by Gasteiger charge is 2.25. The van der Waals surface area contributed by atoms with Crippen LogP contribution in [0.4, 0.5) is 22.7 Å². The minimum atomic E-state index is -1.07. The summed E-state index contributed by atoms with van der Waals surface area (Å²) in [5.41, 5.74) is 6.39. The summed E-state index contributed by atoms with van der Waals surface area (Å²) in [6.45, 7) is 6.60. The predicted molar refractivity (Wildman–Crippen MR) is 107 cm³/mol. The van der Waals surface area contributed by atoms with Crippen molar-refractivity contribution < 1.29 is 19.2 Å². The summed E-state index contributed by atoms with van der Waals surface area (Å²) in [6.07, 6.45) is -0.856. The zero-order valence-corrected chi connectivity index (χ0v) is 16.0. The molecule has 9 nitrogen and oxygen atoms in total. The van der Waals surface area contributed by atoms with Gasteiger partial charge in [-0.05, 0) is 49.7 Å². The molecule has 2 aromatic carbocycles. The quantitative estimate of drug-likeness (QED) is 0.131. The smallest absolute Gasteiger partial charge is 0.333 e. The molecule has 150 valence electrons. The molecular formula is C20H20N4O5. The molecule has 0 bridgehead atoms. The molecular weight excluding hydrogens is 376 g/mol. The number of Topliss-reactive ketones (excluding diaryl/α,β-unsaturated/α-hetero) is 1. The Bertz CT molecular complexity index is 983. The molecule has 29 heavy (non-hydrogen) atoms. The molecule has 1 atom stereocenters. The molecule has 0 aliphatic heterocycles. The molecule has 0 spiro atoms. The molecule has 0 fully saturated rings. The van der Waals surface area contributed by atoms with Gasteiger partial charge in [0.15, 0.2) is 11.8 Å². The lowest BCUT2D eigenvalue weighted by molar-refractivity contribution is -0.384. The number of benzene rings is 2. The van der Waals surface area contributed by atoms with E-state index in [1.807, 2.05) is 0 Å². The number of carbonyl (C=O) groups is 2. The van der Waals surface area contributed by atoms with Crippen molar-refractivity contribution in [1.29, 1.82) is 0 Å². The lowest BCUT2D eigenvalue weighted by Crippen LogP contribution is -2.27. The van der Waals surface area contributed by atoms with E-state index < -0.39 is 28.5 Å². The summed E-state index contributed by atoms with van der Waals surface area (Å²) in [6, 6.07) is 10.3. The molecule has 0 radical (unpaired) electrons. The summed E-state index contributed by atoms with van der Waals surface area (Å²) in [4.78, 5) is 35.1. The zero-order valence-electron chi connectivity index (χ0n) is 16.0. The molecule has 9 heteroatoms. The number of esters is 1. The maximum absolute atomic E-state index is 12.6. The van der Waals surface area contributed by atoms with Gasteiger partial charge in [-0.2, -0.15) is 5.11 Å². The maximum Gasteiger partial charge on any atom is 0.333 e. The van der Waals surface area contributed by atoms with Crippen LogP contribution in [0.3, 0.4) is 0 Å². The second kappa shape index (κ2) is 9.36. The number of ether oxygens (including phenoxy) is 1. The second-order valence-electron chi connectivity index (χ2n) is 6.20. The van der Waals surface area contributed by atoms with E-state index in [0.717, 1.165) is 6.07 Å². The Morgan fingerprint density at radius 3 is 2.41 bits per heavy atom. The summed E-state index contributed by atoms with van der Waals surface area (Å²) >= 11 is 0. The maximum atomic E-state index is 12.6. The third kappa shape index (κ3) is 5.55. The van der Waals surface area contributed by atoms with Gasteiger partial charge in [-0.3, -0.25) is 14.9 Å². The summed E-state index contributed by atoms with van der Waals surface area (Å²) < 4.78 is 5.11. The number of nitrogens with zero attached hydrogens (tertiary/aromatic N) is 3. The lowest BCUT2D eigenvalue weighted by atomic mass is 10.0. The van der Waals surface area contributed by atoms with Crippen molar-refractivity contribution in [2.45, 2.75) is 26.4 Å². The normalized spacial score (nSPS) is 11.8. The lowest BCUT2D eigenvalue weighted by Gasteiger charge is -2.15. The molecule has 0 saturated carbocycles. The Hall–Kier alpha value is -3.88. The second-order valence-corrected chi connectivity index (χ2v) is 6.20. The van der Waals surface area contributed by atoms with E-state index in [0.29, 0.717) is 11.4 Å². The first-order valence-electron chi connectivity index (χ1n) is 8.69. The van der Waals surface area contributed by atoms with Crippen LogP contribution >= 0.6 is 0 Å². The Labute approximate surface area is 167 Å². The average Bonchev–Trinajstić information content (AvgIpc) is 2.70. The molecule has 0 aliphatic carbocycles. The topological polar surface area (TPSA) is 137 Å². The summed E-state index contributed by atoms with van der Waals surface area (Å²) in [5.74, 6) is -1.25. The van der Waals surface area contributed by atoms with Gasteiger partial charge in [-0.1, -0.05) is 13.5 Å². The van der Waals surface area contributed by atoms with Crippen LogP contribution in [0.2, 0.25) is 0 Å². The van der Waals surface area contributed by atoms with E-state index in [1.165, 1.54) is 19.1 Å². The fourth-order valence-corrected chi connectivity index (χ4v) is 2.30. The van der Waals surface area contributed by atoms with Crippen LogP contribution in [-0.4, -0.2) is 22.8 Å². The van der Waals surface area contributed by atoms with Crippen molar-refractivity contribution in [1.82, 2.24) is 0 Å². The van der Waals surface area contributed by atoms with Gasteiger partial charge in [0.25, 0.3) is 5.69 Å². The van der Waals surface area contributed by atoms with Crippen molar-refractivity contribution in [3.63, 3.8) is 0 Å². The van der Waals surface area contributed by atoms with Gasteiger partial charge in [0.05, 0.1) is 10.6 Å². The van der Waals surface area contributed by atoms with Gasteiger partial charge in [-0.25, -0.2) is 4.79 Å². The highest BCUT2D eigenvalue weighted by Crippen LogP contribution is 2.31. The SMILES string of the molecule is C=C(C)C(=O)OC(CC)C(=O)c1ccc(N=Nc2ccc(N)cc2)c([N+](=O)[O-])c1. The van der Waals surface area contributed by atoms with Crippen molar-refractivity contribution >= 4 is 34.5 Å². The minimum absolute atomic E-state index is 0.0182. The van der Waals surface area contributed by atoms with Gasteiger partial charge >= 0.3 is 5.97 Å². The Morgan fingerprint density at radius 1 is 1.21 bits per heavy atom. The molecule has 2 aromatic rings. The van der Waals surface area contributed by atoms with E-state index in [9.17, 15) is 19.7 Å². The number of carbonyl (C=O) groups excluding carboxylic acids is 2. The Balaban J connectivity index is 2.31. The van der Waals surface area contributed by atoms with Gasteiger partial charge in [0.2, 0.25) is 5.78 Å². The number of rotatable bonds is 8. The molecule has 1 unspecified atom stereocenters. The first kappa shape index (κ1) is 21.4. The van der Waals surface area contributed by atoms with E-state index in [1.54, 1.807) is 31.2 Å². The highest BCUT2D eigenvalue weighted by molar-refractivity contribution is 6.02. The number of nitro benzene ring substituents is 1. The van der Waals surface area contributed by atoms with Crippen LogP contribution in [0, 0.1) is 10.1 Å². The van der Waals surface area contributed by atoms with Crippen LogP contribution in [0.1, 0.15) is 30.6 Å². The van der Waals surface area contributed by atoms with E-state index in [-0.39, 0.29) is 23.2 Å². The minimum Gasteiger partial charge on any atom is -0.451 e. The largest absolute Gasteiger partial charge is 0.451 e. The number of hydrogen-bond donors (Lipinski definition) is 1. The third-order valence-corrected chi connectivity index (χ3v) is 3.88. The number of nitrogen functional groups attached to an aromatic ring is 1. The van der Waals surface area contributed by atoms with Crippen molar-refractivity contribution in [3.05, 3.63) is 70.3 Å². The van der Waals surface area contributed by atoms with E-state index >= 15 is 0 Å². The first-order chi connectivity index (χ1) is 13.7. The molecule has 0 saturated heterocycles. The van der Waals surface area contributed by atoms with Crippen LogP contribution in [0.5, 0.6) is 0 Å². The first-order valence-corrected chi connectivity index (χ1v) is 8.69. The number of hydrogen-bond acceptors (Lipinski definition) is 8. The van der Waals surface area contributed by atoms with Crippen LogP contribution in [0.15, 0.2) is 64.8 Å². The average molecular weight is 396 g/mol. The summed E-state index contributed by atoms with van der Waals surface area (Å²) in [7, 11) is 0. The molecule has 0 aromatic heterocycles. The molecule has 0 aliphatic rings. The number of azo groups is 1. The molecule has 2 rings (SSSR count). The van der Waals surface area contributed by atoms with Gasteiger partial charge < -0.3 is 10.5 Å². The zero-order chi connectivity index (χ0) is 21.6. The number of anilines is 1. The fourth-order valence-electron chi connectivity index (χ4n) is 2.30. The number of ketones is 1. The monoisotopic (exact) mass is 396 g/mol. The third-order valence-electron chi connectivity index (χ3n) is 3.88. The van der Waals surface area contributed by atoms with Gasteiger partial charge in [0.1, 0.15) is 0 Å². The molecule has 2 N–H and O–H groups in total. The van der Waals surface area contributed by atoms with Crippen LogP contribution in [-0.2, 0) is 9.53 Å². The van der Waals surface area contributed by atoms with Crippen molar-refractivity contribution in [2.24, 2.45) is 10.2 Å². The number of nitrogens with two attached hydrogens (primary N) is 1.